The van der Waals surface area contributed by atoms with Gasteiger partial charge in [-0.25, -0.2) is 5.56 Å². The quantitative estimate of drug-likeness (QED) is 0.398. The second kappa shape index (κ2) is 8.30. The zero-order valence-electron chi connectivity index (χ0n) is 12.6. The van der Waals surface area contributed by atoms with Crippen molar-refractivity contribution >= 4 is 8.41 Å². The van der Waals surface area contributed by atoms with Crippen LogP contribution < -0.4 is 4.57 Å². The molecule has 0 atom stereocenters. The summed E-state index contributed by atoms with van der Waals surface area (Å²) in [4.78, 5) is 0. The monoisotopic (exact) mass is 360 g/mol. The molecule has 0 aliphatic carbocycles. The Labute approximate surface area is 158 Å². The van der Waals surface area contributed by atoms with E-state index in [2.05, 4.69) is 41.4 Å². The first-order valence-electron chi connectivity index (χ1n) is 6.42. The summed E-state index contributed by atoms with van der Waals surface area (Å²) in [5.41, 5.74) is 5.27. The van der Waals surface area contributed by atoms with E-state index >= 15 is 0 Å². The topological polar surface area (TPSA) is 29.7 Å². The number of nitrogens with zero attached hydrogens (tertiary/aromatic N) is 3. The third-order valence-corrected chi connectivity index (χ3v) is 3.26. The largest absolute Gasteiger partial charge is 0.308 e. The average Bonchev–Trinajstić information content (AvgIpc) is 2.49. The minimum Gasteiger partial charge on any atom is -0.262 e. The molecule has 0 spiro atoms. The van der Waals surface area contributed by atoms with Crippen molar-refractivity contribution in [2.75, 3.05) is 0 Å². The van der Waals surface area contributed by atoms with Crippen LogP contribution in [0.5, 0.6) is 0 Å². The van der Waals surface area contributed by atoms with Gasteiger partial charge in [0.2, 0.25) is 0 Å². The predicted octanol–water partition coefficient (Wildman–Crippen LogP) is 2.16. The first kappa shape index (κ1) is 18.7. The summed E-state index contributed by atoms with van der Waals surface area (Å²) in [6.07, 6.45) is 3.46. The van der Waals surface area contributed by atoms with E-state index in [1.165, 1.54) is 0 Å². The number of aromatic nitrogens is 3. The maximum Gasteiger partial charge on any atom is 0.308 e. The van der Waals surface area contributed by atoms with Gasteiger partial charge in [-0.2, -0.15) is 42.0 Å². The van der Waals surface area contributed by atoms with Crippen molar-refractivity contribution in [1.29, 1.82) is 0 Å². The molecule has 5 heteroatoms. The predicted molar refractivity (Wildman–Crippen MR) is 82.2 cm³/mol. The summed E-state index contributed by atoms with van der Waals surface area (Å²) in [6.45, 7) is 2.07. The summed E-state index contributed by atoms with van der Waals surface area (Å²) in [7, 11) is 1.96. The molecule has 4 radical (unpaired) electrons. The molecular weight excluding hydrogens is 346 g/mol. The van der Waals surface area contributed by atoms with Crippen molar-refractivity contribution in [3.63, 3.8) is 0 Å². The number of aryl methyl sites for hydroxylation is 2. The van der Waals surface area contributed by atoms with Crippen LogP contribution in [0.3, 0.4) is 0 Å². The molecule has 0 fully saturated rings. The molecule has 3 nitrogen and oxygen atoms in total. The van der Waals surface area contributed by atoms with Crippen molar-refractivity contribution in [1.82, 2.24) is 10.2 Å². The SMILES string of the molecule is Cc1ccc(-c2[c-]cccc2)[c-]c1-c1cnnc[n+]1C.[B].[Y]. The second-order valence-electron chi connectivity index (χ2n) is 4.68. The third-order valence-electron chi connectivity index (χ3n) is 3.26. The number of benzene rings is 2. The molecule has 0 unspecified atom stereocenters. The first-order chi connectivity index (χ1) is 9.75. The fourth-order valence-electron chi connectivity index (χ4n) is 2.14. The van der Waals surface area contributed by atoms with Gasteiger partial charge in [0.15, 0.2) is 0 Å². The summed E-state index contributed by atoms with van der Waals surface area (Å²) in [6, 6.07) is 18.8. The zero-order valence-corrected chi connectivity index (χ0v) is 15.5. The Morgan fingerprint density at radius 2 is 1.86 bits per heavy atom. The van der Waals surface area contributed by atoms with Gasteiger partial charge in [0.25, 0.3) is 0 Å². The fraction of sp³-hybridized carbons (Fsp3) is 0.118. The molecule has 0 amide bonds. The first-order valence-corrected chi connectivity index (χ1v) is 6.42. The number of rotatable bonds is 2. The third kappa shape index (κ3) is 3.88. The number of hydrogen-bond donors (Lipinski definition) is 0. The van der Waals surface area contributed by atoms with Gasteiger partial charge >= 0.3 is 6.33 Å². The molecule has 22 heavy (non-hydrogen) atoms. The van der Waals surface area contributed by atoms with Crippen molar-refractivity contribution in [2.24, 2.45) is 7.05 Å². The molecule has 0 saturated carbocycles. The van der Waals surface area contributed by atoms with Crippen LogP contribution in [0.2, 0.25) is 0 Å². The Balaban J connectivity index is 0.00000121. The molecule has 2 aromatic carbocycles. The van der Waals surface area contributed by atoms with Crippen LogP contribution in [0.4, 0.5) is 0 Å². The van der Waals surface area contributed by atoms with Gasteiger partial charge in [0.05, 0.1) is 24.0 Å². The van der Waals surface area contributed by atoms with Crippen molar-refractivity contribution in [3.8, 4) is 22.4 Å². The normalized spacial score (nSPS) is 9.55. The van der Waals surface area contributed by atoms with Crippen molar-refractivity contribution in [3.05, 3.63) is 66.6 Å². The minimum atomic E-state index is 0. The summed E-state index contributed by atoms with van der Waals surface area (Å²) >= 11 is 0. The van der Waals surface area contributed by atoms with E-state index in [1.807, 2.05) is 35.9 Å². The van der Waals surface area contributed by atoms with Crippen LogP contribution in [-0.2, 0) is 39.8 Å². The molecular formula is C17H14BN3Y-. The Kier molecular flexibility index (Phi) is 7.05. The summed E-state index contributed by atoms with van der Waals surface area (Å²) < 4.78 is 1.95. The molecule has 0 saturated heterocycles. The van der Waals surface area contributed by atoms with E-state index in [1.54, 1.807) is 12.5 Å². The second-order valence-corrected chi connectivity index (χ2v) is 4.68. The number of hydrogen-bond acceptors (Lipinski definition) is 2. The van der Waals surface area contributed by atoms with Crippen molar-refractivity contribution < 1.29 is 37.3 Å². The van der Waals surface area contributed by atoms with Gasteiger partial charge in [-0.1, -0.05) is 12.5 Å². The Bertz CT molecular complexity index is 748. The Hall–Kier alpha value is -1.38. The molecule has 0 aliphatic rings. The van der Waals surface area contributed by atoms with Crippen LogP contribution in [0.1, 0.15) is 5.56 Å². The minimum absolute atomic E-state index is 0. The van der Waals surface area contributed by atoms with E-state index in [0.29, 0.717) is 0 Å². The molecule has 0 N–H and O–H groups in total. The van der Waals surface area contributed by atoms with Gasteiger partial charge in [0, 0.05) is 41.1 Å². The van der Waals surface area contributed by atoms with E-state index in [-0.39, 0.29) is 41.1 Å². The smallest absolute Gasteiger partial charge is 0.262 e. The van der Waals surface area contributed by atoms with Crippen LogP contribution >= 0.6 is 0 Å². The maximum atomic E-state index is 3.97. The molecule has 0 bridgehead atoms. The average molecular weight is 360 g/mol. The summed E-state index contributed by atoms with van der Waals surface area (Å²) in [5.74, 6) is 0. The molecule has 3 rings (SSSR count). The molecule has 1 heterocycles. The van der Waals surface area contributed by atoms with Gasteiger partial charge in [0.1, 0.15) is 0 Å². The standard InChI is InChI=1S/C17H14N3.B.Y/c1-13-8-9-15(14-6-4-3-5-7-14)10-16(13)17-11-18-19-12-20(17)2;;/h3-6,8-9,11-12H,1-2H3;;/q-1;;. The molecule has 104 valence electrons. The Morgan fingerprint density at radius 3 is 2.55 bits per heavy atom. The van der Waals surface area contributed by atoms with Crippen LogP contribution in [-0.4, -0.2) is 18.6 Å². The fourth-order valence-corrected chi connectivity index (χ4v) is 2.14. The van der Waals surface area contributed by atoms with E-state index < -0.39 is 0 Å². The van der Waals surface area contributed by atoms with E-state index in [9.17, 15) is 0 Å². The zero-order chi connectivity index (χ0) is 13.9. The maximum absolute atomic E-state index is 3.97. The van der Waals surface area contributed by atoms with E-state index in [4.69, 9.17) is 0 Å². The van der Waals surface area contributed by atoms with Crippen LogP contribution in [0.15, 0.2) is 48.9 Å². The van der Waals surface area contributed by atoms with Gasteiger partial charge in [-0.3, -0.25) is 4.57 Å². The summed E-state index contributed by atoms with van der Waals surface area (Å²) in [5, 5.41) is 7.84. The molecule has 3 aromatic rings. The van der Waals surface area contributed by atoms with Gasteiger partial charge < -0.3 is 0 Å². The van der Waals surface area contributed by atoms with Crippen LogP contribution in [0.25, 0.3) is 22.4 Å². The molecule has 0 aliphatic heterocycles. The Morgan fingerprint density at radius 1 is 1.05 bits per heavy atom. The van der Waals surface area contributed by atoms with Gasteiger partial charge in [-0.15, -0.1) is 17.7 Å². The van der Waals surface area contributed by atoms with Gasteiger partial charge in [-0.05, 0) is 5.10 Å². The molecule has 1 aromatic heterocycles. The van der Waals surface area contributed by atoms with Crippen LogP contribution in [0, 0.1) is 19.1 Å². The van der Waals surface area contributed by atoms with Crippen molar-refractivity contribution in [2.45, 2.75) is 6.92 Å². The van der Waals surface area contributed by atoms with E-state index in [0.717, 1.165) is 27.9 Å².